The second kappa shape index (κ2) is 9.75. The molecule has 1 aliphatic rings. The van der Waals surface area contributed by atoms with Gasteiger partial charge in [0.15, 0.2) is 22.8 Å². The summed E-state index contributed by atoms with van der Waals surface area (Å²) in [5.41, 5.74) is 11.3. The summed E-state index contributed by atoms with van der Waals surface area (Å²) in [7, 11) is -16.7. The van der Waals surface area contributed by atoms with E-state index in [0.717, 1.165) is 6.33 Å². The van der Waals surface area contributed by atoms with E-state index in [4.69, 9.17) is 26.0 Å². The minimum absolute atomic E-state index is 0.0439. The lowest BCUT2D eigenvalue weighted by molar-refractivity contribution is -0.0428. The molecular weight excluding hydrogens is 529 g/mol. The van der Waals surface area contributed by atoms with E-state index in [1.807, 2.05) is 0 Å². The highest BCUT2D eigenvalue weighted by atomic mass is 31.3. The van der Waals surface area contributed by atoms with Gasteiger partial charge in [-0.05, 0) is 0 Å². The smallest absolute Gasteiger partial charge is 0.390 e. The van der Waals surface area contributed by atoms with Gasteiger partial charge in [0, 0.05) is 6.42 Å². The van der Waals surface area contributed by atoms with E-state index in [1.54, 1.807) is 0 Å². The molecule has 0 amide bonds. The molecule has 0 aromatic carbocycles. The molecular formula is C12H19N6O13P3. The summed E-state index contributed by atoms with van der Waals surface area (Å²) in [5.74, 6) is -0.861. The van der Waals surface area contributed by atoms with Crippen molar-refractivity contribution in [2.24, 2.45) is 5.73 Å². The molecule has 9 N–H and O–H groups in total. The highest BCUT2D eigenvalue weighted by molar-refractivity contribution is 7.66. The first-order chi connectivity index (χ1) is 15.6. The zero-order chi connectivity index (χ0) is 25.5. The monoisotopic (exact) mass is 548 g/mol. The van der Waals surface area contributed by atoms with Crippen LogP contribution in [0, 0.1) is 0 Å². The Hall–Kier alpha value is -1.69. The molecule has 2 aromatic rings. The molecule has 0 saturated carbocycles. The normalized spacial score (nSPS) is 24.7. The Balaban J connectivity index is 1.77. The van der Waals surface area contributed by atoms with Crippen LogP contribution in [-0.4, -0.2) is 75.3 Å². The zero-order valence-electron chi connectivity index (χ0n) is 16.7. The van der Waals surface area contributed by atoms with Crippen molar-refractivity contribution in [1.82, 2.24) is 19.5 Å². The molecule has 0 bridgehead atoms. The van der Waals surface area contributed by atoms with Gasteiger partial charge in [0.25, 0.3) is 0 Å². The lowest BCUT2D eigenvalue weighted by atomic mass is 10.2. The number of imidazole rings is 1. The molecule has 1 aliphatic heterocycles. The number of anilines is 1. The number of hydrogen-bond donors (Lipinski definition) is 7. The summed E-state index contributed by atoms with van der Waals surface area (Å²) in [5, 5.41) is 10.3. The predicted octanol–water partition coefficient (Wildman–Crippen LogP) is -1.46. The number of aliphatic hydroxyl groups is 1. The van der Waals surface area contributed by atoms with Crippen molar-refractivity contribution < 1.29 is 61.1 Å². The molecule has 5 atom stereocenters. The first-order valence-corrected chi connectivity index (χ1v) is 13.5. The molecule has 22 heteroatoms. The molecule has 34 heavy (non-hydrogen) atoms. The Labute approximate surface area is 189 Å². The van der Waals surface area contributed by atoms with Crippen molar-refractivity contribution in [2.45, 2.75) is 24.9 Å². The molecule has 0 aliphatic carbocycles. The van der Waals surface area contributed by atoms with Crippen LogP contribution in [0.5, 0.6) is 0 Å². The third-order valence-corrected chi connectivity index (χ3v) is 8.05. The molecule has 0 radical (unpaired) electrons. The van der Waals surface area contributed by atoms with Crippen molar-refractivity contribution in [3.8, 4) is 0 Å². The lowest BCUT2D eigenvalue weighted by Gasteiger charge is -2.19. The molecule has 19 nitrogen and oxygen atoms in total. The highest BCUT2D eigenvalue weighted by Gasteiger charge is 2.43. The number of nitrogens with two attached hydrogens (primary N) is 2. The van der Waals surface area contributed by atoms with Gasteiger partial charge in [0.05, 0.1) is 19.3 Å². The van der Waals surface area contributed by atoms with E-state index >= 15 is 0 Å². The zero-order valence-corrected chi connectivity index (χ0v) is 19.4. The number of carbonyl (C=O) groups is 1. The number of phosphoric ester groups is 1. The minimum atomic E-state index is -5.71. The Morgan fingerprint density at radius 2 is 1.85 bits per heavy atom. The van der Waals surface area contributed by atoms with E-state index < -0.39 is 60.8 Å². The molecule has 190 valence electrons. The largest absolute Gasteiger partial charge is 0.490 e. The lowest BCUT2D eigenvalue weighted by Crippen LogP contribution is -2.26. The van der Waals surface area contributed by atoms with E-state index in [-0.39, 0.29) is 29.2 Å². The van der Waals surface area contributed by atoms with Crippen LogP contribution in [0.3, 0.4) is 0 Å². The number of ketones is 1. The Morgan fingerprint density at radius 3 is 2.47 bits per heavy atom. The maximum absolute atomic E-state index is 12.3. The van der Waals surface area contributed by atoms with Gasteiger partial charge in [-0.2, -0.15) is 8.62 Å². The number of rotatable bonds is 10. The van der Waals surface area contributed by atoms with E-state index in [2.05, 4.69) is 28.1 Å². The fourth-order valence-corrected chi connectivity index (χ4v) is 6.01. The SMILES string of the molecule is NCC(=O)c1nc2c(N)ncnc2n1[C@H]1C[C@H](O)[C@@H](COP(=O)(O)OP(=O)(O)OP(=O)(O)O)O1. The summed E-state index contributed by atoms with van der Waals surface area (Å²) < 4.78 is 52.4. The number of aliphatic hydroxyl groups excluding tert-OH is 1. The van der Waals surface area contributed by atoms with Crippen LogP contribution in [-0.2, 0) is 31.6 Å². The molecule has 2 aromatic heterocycles. The van der Waals surface area contributed by atoms with Gasteiger partial charge < -0.3 is 40.9 Å². The fraction of sp³-hybridized carbons (Fsp3) is 0.500. The van der Waals surface area contributed by atoms with Gasteiger partial charge >= 0.3 is 23.5 Å². The summed E-state index contributed by atoms with van der Waals surface area (Å²) in [6.07, 6.45) is -2.88. The van der Waals surface area contributed by atoms with Crippen LogP contribution in [0.1, 0.15) is 23.3 Å². The van der Waals surface area contributed by atoms with Crippen LogP contribution >= 0.6 is 23.5 Å². The average Bonchev–Trinajstić information content (AvgIpc) is 3.24. The predicted molar refractivity (Wildman–Crippen MR) is 107 cm³/mol. The highest BCUT2D eigenvalue weighted by Crippen LogP contribution is 2.66. The molecule has 2 unspecified atom stereocenters. The Morgan fingerprint density at radius 1 is 1.18 bits per heavy atom. The van der Waals surface area contributed by atoms with Gasteiger partial charge in [0.1, 0.15) is 18.7 Å². The fourth-order valence-electron chi connectivity index (χ4n) is 2.98. The van der Waals surface area contributed by atoms with Crippen molar-refractivity contribution in [3.63, 3.8) is 0 Å². The van der Waals surface area contributed by atoms with Gasteiger partial charge in [-0.25, -0.2) is 28.6 Å². The van der Waals surface area contributed by atoms with Crippen molar-refractivity contribution >= 4 is 46.2 Å². The quantitative estimate of drug-likeness (QED) is 0.132. The maximum Gasteiger partial charge on any atom is 0.490 e. The van der Waals surface area contributed by atoms with E-state index in [0.29, 0.717) is 0 Å². The second-order valence-corrected chi connectivity index (χ2v) is 11.1. The van der Waals surface area contributed by atoms with E-state index in [1.165, 1.54) is 4.57 Å². The van der Waals surface area contributed by atoms with Gasteiger partial charge in [0.2, 0.25) is 5.78 Å². The average molecular weight is 548 g/mol. The summed E-state index contributed by atoms with van der Waals surface area (Å²) in [6, 6.07) is 0. The van der Waals surface area contributed by atoms with Crippen LogP contribution in [0.2, 0.25) is 0 Å². The number of Topliss-reactive ketones (excluding diaryl/α,β-unsaturated/α-hetero) is 1. The second-order valence-electron chi connectivity index (χ2n) is 6.68. The van der Waals surface area contributed by atoms with Crippen molar-refractivity contribution in [3.05, 3.63) is 12.2 Å². The molecule has 1 saturated heterocycles. The van der Waals surface area contributed by atoms with Gasteiger partial charge in [-0.1, -0.05) is 0 Å². The summed E-state index contributed by atoms with van der Waals surface area (Å²) in [4.78, 5) is 60.0. The number of ether oxygens (including phenoxy) is 1. The molecule has 1 fully saturated rings. The topological polar surface area (TPSA) is 302 Å². The number of phosphoric acid groups is 3. The first-order valence-electron chi connectivity index (χ1n) is 8.96. The standard InChI is InChI=1S/C12H19N6O13P3/c13-2-6(20)11-17-9-10(14)15-4-16-12(9)18(11)8-1-5(19)7(29-8)3-28-33(24,25)31-34(26,27)30-32(21,22)23/h4-5,7-8,19H,1-3,13H2,(H,24,25)(H,26,27)(H2,14,15,16)(H2,21,22,23)/t5-,7+,8+/m0/s1. The summed E-state index contributed by atoms with van der Waals surface area (Å²) in [6.45, 7) is -1.33. The number of nitrogens with zero attached hydrogens (tertiary/aromatic N) is 4. The minimum Gasteiger partial charge on any atom is -0.390 e. The number of nitrogen functional groups attached to an aromatic ring is 1. The number of carbonyl (C=O) groups excluding carboxylic acids is 1. The van der Waals surface area contributed by atoms with Gasteiger partial charge in [-0.15, -0.1) is 0 Å². The Bertz CT molecular complexity index is 1230. The van der Waals surface area contributed by atoms with Crippen molar-refractivity contribution in [1.29, 1.82) is 0 Å². The Kier molecular flexibility index (Phi) is 7.72. The van der Waals surface area contributed by atoms with Crippen molar-refractivity contribution in [2.75, 3.05) is 18.9 Å². The maximum atomic E-state index is 12.3. The first kappa shape index (κ1) is 26.9. The van der Waals surface area contributed by atoms with Gasteiger partial charge in [-0.3, -0.25) is 13.9 Å². The number of hydrogen-bond acceptors (Lipinski definition) is 14. The third-order valence-electron chi connectivity index (χ3n) is 4.25. The number of fused-ring (bicyclic) bond motifs is 1. The molecule has 3 heterocycles. The van der Waals surface area contributed by atoms with Crippen LogP contribution in [0.25, 0.3) is 11.2 Å². The molecule has 0 spiro atoms. The number of aromatic nitrogens is 4. The van der Waals surface area contributed by atoms with E-state index in [9.17, 15) is 33.4 Å². The van der Waals surface area contributed by atoms with Crippen LogP contribution < -0.4 is 11.5 Å². The summed E-state index contributed by atoms with van der Waals surface area (Å²) >= 11 is 0. The third kappa shape index (κ3) is 6.30. The van der Waals surface area contributed by atoms with Crippen LogP contribution in [0.15, 0.2) is 6.33 Å². The van der Waals surface area contributed by atoms with Crippen LogP contribution in [0.4, 0.5) is 5.82 Å². The molecule has 3 rings (SSSR count).